The Morgan fingerprint density at radius 2 is 2.00 bits per heavy atom. The lowest BCUT2D eigenvalue weighted by molar-refractivity contribution is -0.122. The van der Waals surface area contributed by atoms with E-state index in [1.54, 1.807) is 6.08 Å². The maximum Gasteiger partial charge on any atom is 0.234 e. The highest BCUT2D eigenvalue weighted by Crippen LogP contribution is 2.19. The van der Waals surface area contributed by atoms with E-state index in [4.69, 9.17) is 9.73 Å². The number of amides is 1. The third kappa shape index (κ3) is 10.4. The molecule has 174 valence electrons. The van der Waals surface area contributed by atoms with Crippen molar-refractivity contribution in [2.45, 2.75) is 45.7 Å². The molecule has 1 saturated heterocycles. The Hall–Kier alpha value is -1.81. The Kier molecular flexibility index (Phi) is 14.0. The zero-order valence-corrected chi connectivity index (χ0v) is 21.2. The standard InChI is InChI=1S/C23H37N5O2.HI/c1-4-13-25-22(29)18-28-14-11-20(12-15-28)27-23(24-6-3)26-17-19-9-7-8-10-21(19)30-16-5-2;/h5,7-10,20H,2,4,6,11-18H2,1,3H3,(H,25,29)(H2,24,26,27);1H. The van der Waals surface area contributed by atoms with Crippen molar-refractivity contribution in [1.82, 2.24) is 20.9 Å². The fraction of sp³-hybridized carbons (Fsp3) is 0.565. The van der Waals surface area contributed by atoms with Crippen molar-refractivity contribution >= 4 is 35.8 Å². The Labute approximate surface area is 204 Å². The van der Waals surface area contributed by atoms with Crippen LogP contribution in [-0.2, 0) is 11.3 Å². The van der Waals surface area contributed by atoms with E-state index < -0.39 is 0 Å². The minimum atomic E-state index is 0. The molecule has 1 aliphatic heterocycles. The first-order chi connectivity index (χ1) is 14.7. The van der Waals surface area contributed by atoms with Crippen LogP contribution >= 0.6 is 24.0 Å². The van der Waals surface area contributed by atoms with E-state index in [-0.39, 0.29) is 29.9 Å². The molecule has 1 aromatic carbocycles. The van der Waals surface area contributed by atoms with Gasteiger partial charge in [-0.1, -0.05) is 37.8 Å². The predicted octanol–water partition coefficient (Wildman–Crippen LogP) is 2.92. The maximum atomic E-state index is 11.9. The quantitative estimate of drug-likeness (QED) is 0.173. The Bertz CT molecular complexity index is 690. The summed E-state index contributed by atoms with van der Waals surface area (Å²) < 4.78 is 5.73. The number of guanidine groups is 1. The van der Waals surface area contributed by atoms with Gasteiger partial charge >= 0.3 is 0 Å². The number of hydrogen-bond acceptors (Lipinski definition) is 4. The van der Waals surface area contributed by atoms with Gasteiger partial charge in [0.2, 0.25) is 5.91 Å². The molecule has 3 N–H and O–H groups in total. The maximum absolute atomic E-state index is 11.9. The fourth-order valence-electron chi connectivity index (χ4n) is 3.36. The summed E-state index contributed by atoms with van der Waals surface area (Å²) in [6, 6.07) is 8.31. The normalized spacial score (nSPS) is 15.0. The number of rotatable bonds is 11. The molecular weight excluding hydrogens is 505 g/mol. The van der Waals surface area contributed by atoms with Crippen LogP contribution in [0.4, 0.5) is 0 Å². The minimum absolute atomic E-state index is 0. The molecule has 2 rings (SSSR count). The number of para-hydroxylation sites is 1. The van der Waals surface area contributed by atoms with Gasteiger partial charge in [0.25, 0.3) is 0 Å². The molecule has 1 aromatic rings. The first-order valence-corrected chi connectivity index (χ1v) is 11.0. The van der Waals surface area contributed by atoms with Crippen LogP contribution in [0.15, 0.2) is 41.9 Å². The summed E-state index contributed by atoms with van der Waals surface area (Å²) in [5.74, 6) is 1.78. The monoisotopic (exact) mass is 543 g/mol. The number of halogens is 1. The second-order valence-corrected chi connectivity index (χ2v) is 7.45. The summed E-state index contributed by atoms with van der Waals surface area (Å²) in [4.78, 5) is 18.9. The summed E-state index contributed by atoms with van der Waals surface area (Å²) in [5, 5.41) is 9.83. The number of nitrogens with zero attached hydrogens (tertiary/aromatic N) is 2. The molecule has 0 bridgehead atoms. The molecular formula is C23H38IN5O2. The van der Waals surface area contributed by atoms with E-state index in [0.717, 1.165) is 62.7 Å². The van der Waals surface area contributed by atoms with E-state index >= 15 is 0 Å². The van der Waals surface area contributed by atoms with Crippen LogP contribution in [0.2, 0.25) is 0 Å². The summed E-state index contributed by atoms with van der Waals surface area (Å²) >= 11 is 0. The van der Waals surface area contributed by atoms with Gasteiger partial charge in [-0.25, -0.2) is 4.99 Å². The van der Waals surface area contributed by atoms with Gasteiger partial charge in [-0.15, -0.1) is 24.0 Å². The van der Waals surface area contributed by atoms with Gasteiger partial charge in [0, 0.05) is 37.8 Å². The second kappa shape index (κ2) is 15.9. The lowest BCUT2D eigenvalue weighted by Crippen LogP contribution is -2.50. The van der Waals surface area contributed by atoms with Gasteiger partial charge in [0.15, 0.2) is 5.96 Å². The van der Waals surface area contributed by atoms with Crippen LogP contribution in [0.3, 0.4) is 0 Å². The Morgan fingerprint density at radius 3 is 2.68 bits per heavy atom. The van der Waals surface area contributed by atoms with Gasteiger partial charge in [-0.3, -0.25) is 9.69 Å². The van der Waals surface area contributed by atoms with Crippen LogP contribution in [-0.4, -0.2) is 62.1 Å². The number of nitrogens with one attached hydrogen (secondary N) is 3. The van der Waals surface area contributed by atoms with E-state index in [9.17, 15) is 4.79 Å². The number of piperidine rings is 1. The lowest BCUT2D eigenvalue weighted by Gasteiger charge is -2.32. The molecule has 31 heavy (non-hydrogen) atoms. The molecule has 1 aliphatic rings. The molecule has 8 heteroatoms. The third-order valence-electron chi connectivity index (χ3n) is 4.95. The fourth-order valence-corrected chi connectivity index (χ4v) is 3.36. The molecule has 0 unspecified atom stereocenters. The van der Waals surface area contributed by atoms with Crippen LogP contribution in [0.5, 0.6) is 5.75 Å². The molecule has 0 saturated carbocycles. The smallest absolute Gasteiger partial charge is 0.234 e. The number of aliphatic imine (C=N–C) groups is 1. The summed E-state index contributed by atoms with van der Waals surface area (Å²) in [7, 11) is 0. The highest BCUT2D eigenvalue weighted by molar-refractivity contribution is 14.0. The van der Waals surface area contributed by atoms with Crippen molar-refractivity contribution in [3.8, 4) is 5.75 Å². The molecule has 0 aliphatic carbocycles. The van der Waals surface area contributed by atoms with Crippen LogP contribution in [0.25, 0.3) is 0 Å². The molecule has 7 nitrogen and oxygen atoms in total. The Balaban J connectivity index is 0.00000480. The number of likely N-dealkylation sites (tertiary alicyclic amines) is 1. The van der Waals surface area contributed by atoms with Gasteiger partial charge in [-0.2, -0.15) is 0 Å². The van der Waals surface area contributed by atoms with Crippen molar-refractivity contribution in [1.29, 1.82) is 0 Å². The van der Waals surface area contributed by atoms with Gasteiger partial charge in [0.05, 0.1) is 13.1 Å². The SMILES string of the molecule is C=CCOc1ccccc1CN=C(NCC)NC1CCN(CC(=O)NCCC)CC1.I. The van der Waals surface area contributed by atoms with Crippen molar-refractivity contribution in [3.63, 3.8) is 0 Å². The largest absolute Gasteiger partial charge is 0.489 e. The molecule has 0 spiro atoms. The second-order valence-electron chi connectivity index (χ2n) is 7.45. The first kappa shape index (κ1) is 27.2. The zero-order chi connectivity index (χ0) is 21.6. The molecule has 1 heterocycles. The van der Waals surface area contributed by atoms with E-state index in [2.05, 4.69) is 41.3 Å². The predicted molar refractivity (Wildman–Crippen MR) is 138 cm³/mol. The van der Waals surface area contributed by atoms with Gasteiger partial charge < -0.3 is 20.7 Å². The average Bonchev–Trinajstić information content (AvgIpc) is 2.76. The topological polar surface area (TPSA) is 78.0 Å². The van der Waals surface area contributed by atoms with E-state index in [1.165, 1.54) is 0 Å². The van der Waals surface area contributed by atoms with Gasteiger partial charge in [0.1, 0.15) is 12.4 Å². The van der Waals surface area contributed by atoms with Crippen LogP contribution in [0.1, 0.15) is 38.7 Å². The highest BCUT2D eigenvalue weighted by Gasteiger charge is 2.21. The van der Waals surface area contributed by atoms with E-state index in [0.29, 0.717) is 25.7 Å². The molecule has 0 aromatic heterocycles. The molecule has 1 fully saturated rings. The van der Waals surface area contributed by atoms with Crippen molar-refractivity contribution in [3.05, 3.63) is 42.5 Å². The number of benzene rings is 1. The minimum Gasteiger partial charge on any atom is -0.489 e. The number of hydrogen-bond donors (Lipinski definition) is 3. The summed E-state index contributed by atoms with van der Waals surface area (Å²) in [6.45, 7) is 12.7. The number of ether oxygens (including phenoxy) is 1. The van der Waals surface area contributed by atoms with Crippen LogP contribution in [0, 0.1) is 0 Å². The highest BCUT2D eigenvalue weighted by atomic mass is 127. The molecule has 0 radical (unpaired) electrons. The molecule has 1 amide bonds. The van der Waals surface area contributed by atoms with E-state index in [1.807, 2.05) is 24.3 Å². The van der Waals surface area contributed by atoms with Crippen LogP contribution < -0.4 is 20.7 Å². The number of carbonyl (C=O) groups excluding carboxylic acids is 1. The molecule has 0 atom stereocenters. The van der Waals surface area contributed by atoms with Crippen molar-refractivity contribution in [2.75, 3.05) is 39.3 Å². The summed E-state index contributed by atoms with van der Waals surface area (Å²) in [5.41, 5.74) is 1.05. The summed E-state index contributed by atoms with van der Waals surface area (Å²) in [6.07, 6.45) is 4.69. The first-order valence-electron chi connectivity index (χ1n) is 11.0. The number of carbonyl (C=O) groups is 1. The van der Waals surface area contributed by atoms with Crippen molar-refractivity contribution in [2.24, 2.45) is 4.99 Å². The zero-order valence-electron chi connectivity index (χ0n) is 18.9. The lowest BCUT2D eigenvalue weighted by atomic mass is 10.1. The third-order valence-corrected chi connectivity index (χ3v) is 4.95. The average molecular weight is 543 g/mol. The Morgan fingerprint density at radius 1 is 1.26 bits per heavy atom. The van der Waals surface area contributed by atoms with Gasteiger partial charge in [-0.05, 0) is 32.3 Å². The van der Waals surface area contributed by atoms with Crippen molar-refractivity contribution < 1.29 is 9.53 Å².